The van der Waals surface area contributed by atoms with E-state index in [-0.39, 0.29) is 5.91 Å². The summed E-state index contributed by atoms with van der Waals surface area (Å²) in [5.74, 6) is 2.24. The van der Waals surface area contributed by atoms with Crippen molar-refractivity contribution in [3.8, 4) is 0 Å². The molecule has 1 amide bonds. The Morgan fingerprint density at radius 1 is 1.18 bits per heavy atom. The van der Waals surface area contributed by atoms with Gasteiger partial charge in [-0.2, -0.15) is 0 Å². The van der Waals surface area contributed by atoms with E-state index in [2.05, 4.69) is 0 Å². The zero-order valence-corrected chi connectivity index (χ0v) is 6.75. The second-order valence-corrected chi connectivity index (χ2v) is 4.01. The second-order valence-electron chi connectivity index (χ2n) is 4.01. The topological polar surface area (TPSA) is 43.1 Å². The predicted octanol–water partition coefficient (Wildman–Crippen LogP) is 1.30. The Morgan fingerprint density at radius 2 is 1.64 bits per heavy atom. The molecule has 2 aliphatic carbocycles. The first kappa shape index (κ1) is 7.14. The molecular weight excluding hydrogens is 138 g/mol. The third-order valence-electron chi connectivity index (χ3n) is 3.46. The van der Waals surface area contributed by atoms with Crippen molar-refractivity contribution in [3.63, 3.8) is 0 Å². The summed E-state index contributed by atoms with van der Waals surface area (Å²) in [7, 11) is 0. The summed E-state index contributed by atoms with van der Waals surface area (Å²) in [6.45, 7) is 0. The zero-order chi connectivity index (χ0) is 7.84. The summed E-state index contributed by atoms with van der Waals surface area (Å²) < 4.78 is 0. The van der Waals surface area contributed by atoms with Crippen LogP contribution in [0.15, 0.2) is 0 Å². The lowest BCUT2D eigenvalue weighted by molar-refractivity contribution is -0.119. The molecule has 0 aromatic carbocycles. The van der Waals surface area contributed by atoms with Gasteiger partial charge in [0.2, 0.25) is 5.91 Å². The molecule has 0 spiro atoms. The number of amides is 1. The molecule has 2 rings (SSSR count). The number of hydrogen-bond acceptors (Lipinski definition) is 1. The van der Waals surface area contributed by atoms with Crippen LogP contribution in [0.2, 0.25) is 0 Å². The van der Waals surface area contributed by atoms with Crippen LogP contribution in [0.1, 0.15) is 32.1 Å². The van der Waals surface area contributed by atoms with E-state index in [4.69, 9.17) is 5.73 Å². The Kier molecular flexibility index (Phi) is 1.63. The summed E-state index contributed by atoms with van der Waals surface area (Å²) >= 11 is 0. The highest BCUT2D eigenvalue weighted by molar-refractivity contribution is 5.74. The van der Waals surface area contributed by atoms with Gasteiger partial charge in [0.1, 0.15) is 0 Å². The molecule has 0 saturated heterocycles. The van der Waals surface area contributed by atoms with E-state index in [1.165, 1.54) is 25.7 Å². The summed E-state index contributed by atoms with van der Waals surface area (Å²) in [5, 5.41) is 0. The van der Waals surface area contributed by atoms with Gasteiger partial charge in [0.15, 0.2) is 0 Å². The van der Waals surface area contributed by atoms with E-state index in [0.717, 1.165) is 11.8 Å². The molecule has 0 aromatic rings. The van der Waals surface area contributed by atoms with Crippen LogP contribution < -0.4 is 5.73 Å². The van der Waals surface area contributed by atoms with Crippen LogP contribution in [0.4, 0.5) is 0 Å². The van der Waals surface area contributed by atoms with Gasteiger partial charge in [-0.15, -0.1) is 0 Å². The Hall–Kier alpha value is -0.530. The molecule has 0 atom stereocenters. The van der Waals surface area contributed by atoms with E-state index in [0.29, 0.717) is 12.3 Å². The summed E-state index contributed by atoms with van der Waals surface area (Å²) in [6.07, 6.45) is 6.05. The first-order chi connectivity index (χ1) is 5.27. The highest BCUT2D eigenvalue weighted by Crippen LogP contribution is 2.50. The van der Waals surface area contributed by atoms with Crippen molar-refractivity contribution in [2.24, 2.45) is 23.5 Å². The first-order valence-corrected chi connectivity index (χ1v) is 4.55. The van der Waals surface area contributed by atoms with E-state index < -0.39 is 0 Å². The number of primary amides is 1. The molecule has 11 heavy (non-hydrogen) atoms. The standard InChI is InChI=1S/C9H15NO/c10-9(11)5-8-6-1-2-7(8)4-3-6/h6-8H,1-5H2,(H2,10,11). The van der Waals surface area contributed by atoms with Gasteiger partial charge in [-0.1, -0.05) is 0 Å². The predicted molar refractivity (Wildman–Crippen MR) is 42.7 cm³/mol. The first-order valence-electron chi connectivity index (χ1n) is 4.55. The number of carbonyl (C=O) groups excluding carboxylic acids is 1. The molecule has 2 aliphatic rings. The molecule has 2 bridgehead atoms. The molecule has 2 nitrogen and oxygen atoms in total. The van der Waals surface area contributed by atoms with Crippen molar-refractivity contribution in [2.45, 2.75) is 32.1 Å². The third kappa shape index (κ3) is 1.15. The fourth-order valence-electron chi connectivity index (χ4n) is 2.95. The smallest absolute Gasteiger partial charge is 0.217 e. The molecule has 2 fully saturated rings. The molecule has 0 unspecified atom stereocenters. The SMILES string of the molecule is NC(=O)CC1C2CCC1CC2. The maximum atomic E-state index is 10.7. The quantitative estimate of drug-likeness (QED) is 0.638. The third-order valence-corrected chi connectivity index (χ3v) is 3.46. The monoisotopic (exact) mass is 153 g/mol. The number of fused-ring (bicyclic) bond motifs is 2. The minimum absolute atomic E-state index is 0.103. The van der Waals surface area contributed by atoms with Crippen LogP contribution in [0, 0.1) is 17.8 Å². The maximum Gasteiger partial charge on any atom is 0.217 e. The van der Waals surface area contributed by atoms with Crippen LogP contribution in [0.5, 0.6) is 0 Å². The van der Waals surface area contributed by atoms with Crippen LogP contribution in [-0.4, -0.2) is 5.91 Å². The molecule has 0 aromatic heterocycles. The van der Waals surface area contributed by atoms with Gasteiger partial charge >= 0.3 is 0 Å². The van der Waals surface area contributed by atoms with Gasteiger partial charge in [0, 0.05) is 6.42 Å². The number of carbonyl (C=O) groups is 1. The van der Waals surface area contributed by atoms with Crippen molar-refractivity contribution in [2.75, 3.05) is 0 Å². The Balaban J connectivity index is 1.99. The lowest BCUT2D eigenvalue weighted by Gasteiger charge is -2.11. The zero-order valence-electron chi connectivity index (χ0n) is 6.75. The highest BCUT2D eigenvalue weighted by atomic mass is 16.1. The van der Waals surface area contributed by atoms with Crippen molar-refractivity contribution in [1.29, 1.82) is 0 Å². The van der Waals surface area contributed by atoms with Gasteiger partial charge in [-0.25, -0.2) is 0 Å². The Morgan fingerprint density at radius 3 is 2.00 bits per heavy atom. The van der Waals surface area contributed by atoms with Gasteiger partial charge in [0.05, 0.1) is 0 Å². The second kappa shape index (κ2) is 2.50. The van der Waals surface area contributed by atoms with Gasteiger partial charge in [-0.05, 0) is 43.4 Å². The average Bonchev–Trinajstić information content (AvgIpc) is 2.48. The summed E-state index contributed by atoms with van der Waals surface area (Å²) in [4.78, 5) is 10.7. The molecular formula is C9H15NO. The van der Waals surface area contributed by atoms with E-state index in [9.17, 15) is 4.79 Å². The van der Waals surface area contributed by atoms with Crippen LogP contribution >= 0.6 is 0 Å². The lowest BCUT2D eigenvalue weighted by atomic mass is 9.94. The maximum absolute atomic E-state index is 10.7. The fourth-order valence-corrected chi connectivity index (χ4v) is 2.95. The van der Waals surface area contributed by atoms with Gasteiger partial charge in [-0.3, -0.25) is 4.79 Å². The number of hydrogen-bond donors (Lipinski definition) is 1. The van der Waals surface area contributed by atoms with E-state index in [1.54, 1.807) is 0 Å². The van der Waals surface area contributed by atoms with Crippen LogP contribution in [-0.2, 0) is 4.79 Å². The molecule has 62 valence electrons. The molecule has 2 heteroatoms. The average molecular weight is 153 g/mol. The van der Waals surface area contributed by atoms with Crippen molar-refractivity contribution < 1.29 is 4.79 Å². The van der Waals surface area contributed by atoms with E-state index >= 15 is 0 Å². The number of rotatable bonds is 2. The molecule has 0 aliphatic heterocycles. The molecule has 0 radical (unpaired) electrons. The minimum atomic E-state index is -0.103. The summed E-state index contributed by atoms with van der Waals surface area (Å²) in [5.41, 5.74) is 5.19. The normalized spacial score (nSPS) is 41.3. The van der Waals surface area contributed by atoms with Crippen molar-refractivity contribution in [1.82, 2.24) is 0 Å². The van der Waals surface area contributed by atoms with Crippen molar-refractivity contribution >= 4 is 5.91 Å². The van der Waals surface area contributed by atoms with Gasteiger partial charge < -0.3 is 5.73 Å². The van der Waals surface area contributed by atoms with Crippen molar-refractivity contribution in [3.05, 3.63) is 0 Å². The minimum Gasteiger partial charge on any atom is -0.370 e. The molecule has 2 saturated carbocycles. The fraction of sp³-hybridized carbons (Fsp3) is 0.889. The van der Waals surface area contributed by atoms with E-state index in [1.807, 2.05) is 0 Å². The van der Waals surface area contributed by atoms with Gasteiger partial charge in [0.25, 0.3) is 0 Å². The lowest BCUT2D eigenvalue weighted by Crippen LogP contribution is -2.18. The highest BCUT2D eigenvalue weighted by Gasteiger charge is 2.41. The largest absolute Gasteiger partial charge is 0.370 e. The number of nitrogens with two attached hydrogens (primary N) is 1. The van der Waals surface area contributed by atoms with Crippen LogP contribution in [0.3, 0.4) is 0 Å². The Bertz CT molecular complexity index is 158. The molecule has 2 N–H and O–H groups in total. The Labute approximate surface area is 67.1 Å². The van der Waals surface area contributed by atoms with Crippen LogP contribution in [0.25, 0.3) is 0 Å². The molecule has 0 heterocycles. The summed E-state index contributed by atoms with van der Waals surface area (Å²) in [6, 6.07) is 0.